The smallest absolute Gasteiger partial charge is 0.194 e. The van der Waals surface area contributed by atoms with Crippen LogP contribution in [0.15, 0.2) is 18.2 Å². The van der Waals surface area contributed by atoms with E-state index in [9.17, 15) is 9.18 Å². The van der Waals surface area contributed by atoms with E-state index >= 15 is 0 Å². The molecule has 0 bridgehead atoms. The number of Topliss-reactive ketones (excluding diaryl/α,β-unsaturated/α-hetero) is 1. The van der Waals surface area contributed by atoms with Crippen molar-refractivity contribution >= 4 is 5.78 Å². The van der Waals surface area contributed by atoms with E-state index in [4.69, 9.17) is 4.74 Å². The first-order valence-electron chi connectivity index (χ1n) is 6.45. The van der Waals surface area contributed by atoms with Crippen LogP contribution in [0.3, 0.4) is 0 Å². The van der Waals surface area contributed by atoms with Gasteiger partial charge < -0.3 is 4.74 Å². The molecular formula is C15H21FO2. The third-order valence-electron chi connectivity index (χ3n) is 3.42. The van der Waals surface area contributed by atoms with Crippen molar-refractivity contribution in [2.75, 3.05) is 6.61 Å². The van der Waals surface area contributed by atoms with E-state index in [-0.39, 0.29) is 11.6 Å². The zero-order valence-electron chi connectivity index (χ0n) is 11.5. The second kappa shape index (κ2) is 6.10. The molecule has 0 aliphatic heterocycles. The molecule has 0 unspecified atom stereocenters. The van der Waals surface area contributed by atoms with Crippen LogP contribution in [0.5, 0.6) is 0 Å². The highest BCUT2D eigenvalue weighted by molar-refractivity contribution is 6.03. The molecule has 1 aromatic carbocycles. The maximum absolute atomic E-state index is 13.3. The average molecular weight is 252 g/mol. The van der Waals surface area contributed by atoms with Crippen molar-refractivity contribution in [2.24, 2.45) is 0 Å². The highest BCUT2D eigenvalue weighted by Gasteiger charge is 2.36. The number of benzene rings is 1. The van der Waals surface area contributed by atoms with Crippen molar-refractivity contribution < 1.29 is 13.9 Å². The number of hydrogen-bond acceptors (Lipinski definition) is 2. The second-order valence-corrected chi connectivity index (χ2v) is 4.42. The van der Waals surface area contributed by atoms with E-state index in [1.165, 1.54) is 12.1 Å². The molecule has 2 nitrogen and oxygen atoms in total. The number of carbonyl (C=O) groups excluding carboxylic acids is 1. The summed E-state index contributed by atoms with van der Waals surface area (Å²) in [5.74, 6) is -0.507. The highest BCUT2D eigenvalue weighted by Crippen LogP contribution is 2.27. The number of rotatable bonds is 6. The standard InChI is InChI=1S/C15H21FO2/c1-5-15(6-2,18-7-3)14(17)13-10-12(16)9-8-11(13)4/h8-10H,5-7H2,1-4H3. The Morgan fingerprint density at radius 2 is 1.89 bits per heavy atom. The fourth-order valence-electron chi connectivity index (χ4n) is 2.20. The molecule has 3 heteroatoms. The van der Waals surface area contributed by atoms with Crippen LogP contribution < -0.4 is 0 Å². The largest absolute Gasteiger partial charge is 0.367 e. The summed E-state index contributed by atoms with van der Waals surface area (Å²) in [7, 11) is 0. The van der Waals surface area contributed by atoms with Crippen LogP contribution >= 0.6 is 0 Å². The zero-order valence-corrected chi connectivity index (χ0v) is 11.5. The van der Waals surface area contributed by atoms with Gasteiger partial charge in [-0.25, -0.2) is 4.39 Å². The van der Waals surface area contributed by atoms with Crippen molar-refractivity contribution in [3.8, 4) is 0 Å². The Bertz CT molecular complexity index is 423. The van der Waals surface area contributed by atoms with Crippen LogP contribution in [-0.2, 0) is 4.74 Å². The van der Waals surface area contributed by atoms with E-state index < -0.39 is 5.60 Å². The van der Waals surface area contributed by atoms with E-state index in [1.807, 2.05) is 27.7 Å². The molecular weight excluding hydrogens is 231 g/mol. The lowest BCUT2D eigenvalue weighted by molar-refractivity contribution is -0.0251. The van der Waals surface area contributed by atoms with Gasteiger partial charge in [-0.1, -0.05) is 19.9 Å². The molecule has 1 aromatic rings. The fourth-order valence-corrected chi connectivity index (χ4v) is 2.20. The molecule has 0 amide bonds. The monoisotopic (exact) mass is 252 g/mol. The molecule has 0 N–H and O–H groups in total. The minimum atomic E-state index is -0.826. The molecule has 0 aromatic heterocycles. The lowest BCUT2D eigenvalue weighted by atomic mass is 9.86. The lowest BCUT2D eigenvalue weighted by Crippen LogP contribution is -2.41. The first-order valence-corrected chi connectivity index (χ1v) is 6.45. The van der Waals surface area contributed by atoms with E-state index in [0.717, 1.165) is 5.56 Å². The quantitative estimate of drug-likeness (QED) is 0.717. The predicted molar refractivity (Wildman–Crippen MR) is 70.4 cm³/mol. The van der Waals surface area contributed by atoms with Crippen LogP contribution in [0.25, 0.3) is 0 Å². The number of ether oxygens (including phenoxy) is 1. The maximum atomic E-state index is 13.3. The number of aryl methyl sites for hydroxylation is 1. The Morgan fingerprint density at radius 3 is 2.39 bits per heavy atom. The van der Waals surface area contributed by atoms with Gasteiger partial charge in [0.05, 0.1) is 0 Å². The van der Waals surface area contributed by atoms with Crippen LogP contribution in [0.2, 0.25) is 0 Å². The summed E-state index contributed by atoms with van der Waals surface area (Å²) in [6.07, 6.45) is 1.18. The molecule has 0 atom stereocenters. The van der Waals surface area contributed by atoms with E-state index in [0.29, 0.717) is 25.0 Å². The van der Waals surface area contributed by atoms with Gasteiger partial charge in [0.1, 0.15) is 11.4 Å². The van der Waals surface area contributed by atoms with Gasteiger partial charge in [-0.2, -0.15) is 0 Å². The summed E-state index contributed by atoms with van der Waals surface area (Å²) in [5, 5.41) is 0. The van der Waals surface area contributed by atoms with Crippen molar-refractivity contribution in [1.29, 1.82) is 0 Å². The highest BCUT2D eigenvalue weighted by atomic mass is 19.1. The summed E-state index contributed by atoms with van der Waals surface area (Å²) >= 11 is 0. The molecule has 0 aliphatic carbocycles. The zero-order chi connectivity index (χ0) is 13.8. The average Bonchev–Trinajstić information content (AvgIpc) is 2.38. The van der Waals surface area contributed by atoms with Gasteiger partial charge in [0.25, 0.3) is 0 Å². The first-order chi connectivity index (χ1) is 8.50. The van der Waals surface area contributed by atoms with Crippen molar-refractivity contribution in [3.05, 3.63) is 35.1 Å². The number of hydrogen-bond donors (Lipinski definition) is 0. The normalized spacial score (nSPS) is 11.6. The molecule has 1 rings (SSSR count). The molecule has 0 spiro atoms. The summed E-state index contributed by atoms with van der Waals surface area (Å²) < 4.78 is 19.0. The van der Waals surface area contributed by atoms with Gasteiger partial charge in [-0.3, -0.25) is 4.79 Å². The molecule has 0 saturated heterocycles. The number of halogens is 1. The Labute approximate surface area is 108 Å². The predicted octanol–water partition coefficient (Wildman–Crippen LogP) is 3.91. The van der Waals surface area contributed by atoms with Gasteiger partial charge in [0.15, 0.2) is 5.78 Å². The minimum Gasteiger partial charge on any atom is -0.367 e. The van der Waals surface area contributed by atoms with Crippen molar-refractivity contribution in [1.82, 2.24) is 0 Å². The van der Waals surface area contributed by atoms with E-state index in [2.05, 4.69) is 0 Å². The second-order valence-electron chi connectivity index (χ2n) is 4.42. The third-order valence-corrected chi connectivity index (χ3v) is 3.42. The lowest BCUT2D eigenvalue weighted by Gasteiger charge is -2.30. The summed E-state index contributed by atoms with van der Waals surface area (Å²) in [4.78, 5) is 12.6. The summed E-state index contributed by atoms with van der Waals surface area (Å²) in [6, 6.07) is 4.30. The summed E-state index contributed by atoms with van der Waals surface area (Å²) in [6.45, 7) is 8.00. The molecule has 0 heterocycles. The Morgan fingerprint density at radius 1 is 1.28 bits per heavy atom. The van der Waals surface area contributed by atoms with Gasteiger partial charge >= 0.3 is 0 Å². The molecule has 18 heavy (non-hydrogen) atoms. The van der Waals surface area contributed by atoms with Crippen molar-refractivity contribution in [2.45, 2.75) is 46.1 Å². The van der Waals surface area contributed by atoms with Crippen LogP contribution in [0.1, 0.15) is 49.5 Å². The number of carbonyl (C=O) groups is 1. The van der Waals surface area contributed by atoms with Gasteiger partial charge in [-0.05, 0) is 44.4 Å². The van der Waals surface area contributed by atoms with Gasteiger partial charge in [0, 0.05) is 12.2 Å². The number of ketones is 1. The van der Waals surface area contributed by atoms with Crippen LogP contribution in [-0.4, -0.2) is 18.0 Å². The Balaban J connectivity index is 3.21. The van der Waals surface area contributed by atoms with E-state index in [1.54, 1.807) is 6.07 Å². The minimum absolute atomic E-state index is 0.119. The SMILES string of the molecule is CCOC(CC)(CC)C(=O)c1cc(F)ccc1C. The van der Waals surface area contributed by atoms with Gasteiger partial charge in [-0.15, -0.1) is 0 Å². The molecule has 0 radical (unpaired) electrons. The maximum Gasteiger partial charge on any atom is 0.194 e. The molecule has 100 valence electrons. The van der Waals surface area contributed by atoms with Gasteiger partial charge in [0.2, 0.25) is 0 Å². The molecule has 0 saturated carbocycles. The third kappa shape index (κ3) is 2.78. The topological polar surface area (TPSA) is 26.3 Å². The van der Waals surface area contributed by atoms with Crippen molar-refractivity contribution in [3.63, 3.8) is 0 Å². The fraction of sp³-hybridized carbons (Fsp3) is 0.533. The van der Waals surface area contributed by atoms with Crippen LogP contribution in [0.4, 0.5) is 4.39 Å². The Kier molecular flexibility index (Phi) is 5.03. The molecule has 0 aliphatic rings. The Hall–Kier alpha value is -1.22. The first kappa shape index (κ1) is 14.8. The van der Waals surface area contributed by atoms with Crippen LogP contribution in [0, 0.1) is 12.7 Å². The molecule has 0 fully saturated rings. The summed E-state index contributed by atoms with van der Waals surface area (Å²) in [5.41, 5.74) is 0.382.